The van der Waals surface area contributed by atoms with E-state index < -0.39 is 0 Å². The fourth-order valence-electron chi connectivity index (χ4n) is 2.82. The predicted octanol–water partition coefficient (Wildman–Crippen LogP) is 4.33. The molecule has 0 atom stereocenters. The zero-order valence-corrected chi connectivity index (χ0v) is 13.1. The molecule has 4 heteroatoms. The van der Waals surface area contributed by atoms with Gasteiger partial charge in [-0.15, -0.1) is 0 Å². The third-order valence-electron chi connectivity index (χ3n) is 3.89. The van der Waals surface area contributed by atoms with Crippen molar-refractivity contribution in [3.05, 3.63) is 54.6 Å². The fourth-order valence-corrected chi connectivity index (χ4v) is 3.77. The van der Waals surface area contributed by atoms with E-state index in [1.54, 1.807) is 7.11 Å². The SMILES string of the molecule is COc1ccc(-c2c(-c3ccccc3)nc3n2CCS3)cc1. The summed E-state index contributed by atoms with van der Waals surface area (Å²) in [6.07, 6.45) is 0. The minimum Gasteiger partial charge on any atom is -0.497 e. The summed E-state index contributed by atoms with van der Waals surface area (Å²) in [6.45, 7) is 1.02. The molecule has 110 valence electrons. The minimum atomic E-state index is 0.876. The number of thioether (sulfide) groups is 1. The Balaban J connectivity index is 1.89. The van der Waals surface area contributed by atoms with E-state index in [1.807, 2.05) is 30.0 Å². The molecular formula is C18H16N2OS. The molecule has 1 aliphatic rings. The van der Waals surface area contributed by atoms with Crippen molar-refractivity contribution < 1.29 is 4.74 Å². The zero-order chi connectivity index (χ0) is 14.9. The molecule has 0 radical (unpaired) electrons. The van der Waals surface area contributed by atoms with Crippen LogP contribution in [-0.4, -0.2) is 22.4 Å². The Hall–Kier alpha value is -2.20. The van der Waals surface area contributed by atoms with Gasteiger partial charge in [-0.25, -0.2) is 4.98 Å². The lowest BCUT2D eigenvalue weighted by Gasteiger charge is -2.09. The number of hydrogen-bond acceptors (Lipinski definition) is 3. The molecule has 1 aromatic heterocycles. The first-order valence-corrected chi connectivity index (χ1v) is 8.28. The van der Waals surface area contributed by atoms with E-state index >= 15 is 0 Å². The topological polar surface area (TPSA) is 27.1 Å². The van der Waals surface area contributed by atoms with E-state index in [0.29, 0.717) is 0 Å². The number of ether oxygens (including phenoxy) is 1. The first-order valence-electron chi connectivity index (χ1n) is 7.30. The Kier molecular flexibility index (Phi) is 3.39. The first kappa shape index (κ1) is 13.5. The van der Waals surface area contributed by atoms with Crippen LogP contribution in [0.1, 0.15) is 0 Å². The van der Waals surface area contributed by atoms with E-state index in [-0.39, 0.29) is 0 Å². The maximum Gasteiger partial charge on any atom is 0.169 e. The van der Waals surface area contributed by atoms with Crippen molar-refractivity contribution in [1.29, 1.82) is 0 Å². The Morgan fingerprint density at radius 1 is 1.00 bits per heavy atom. The minimum absolute atomic E-state index is 0.876. The summed E-state index contributed by atoms with van der Waals surface area (Å²) in [7, 11) is 1.69. The summed E-state index contributed by atoms with van der Waals surface area (Å²) in [4.78, 5) is 4.87. The van der Waals surface area contributed by atoms with Gasteiger partial charge < -0.3 is 9.30 Å². The van der Waals surface area contributed by atoms with E-state index in [2.05, 4.69) is 41.0 Å². The summed E-state index contributed by atoms with van der Waals surface area (Å²) < 4.78 is 7.60. The van der Waals surface area contributed by atoms with Crippen LogP contribution in [0.15, 0.2) is 59.8 Å². The summed E-state index contributed by atoms with van der Waals surface area (Å²) in [5.74, 6) is 1.97. The molecule has 0 aliphatic carbocycles. The smallest absolute Gasteiger partial charge is 0.169 e. The van der Waals surface area contributed by atoms with Crippen LogP contribution in [-0.2, 0) is 6.54 Å². The molecule has 0 saturated carbocycles. The molecular weight excluding hydrogens is 292 g/mol. The highest BCUT2D eigenvalue weighted by Gasteiger charge is 2.23. The second-order valence-electron chi connectivity index (χ2n) is 5.19. The molecule has 0 spiro atoms. The third kappa shape index (κ3) is 2.20. The highest BCUT2D eigenvalue weighted by Crippen LogP contribution is 2.39. The van der Waals surface area contributed by atoms with E-state index in [0.717, 1.165) is 34.5 Å². The molecule has 0 unspecified atom stereocenters. The van der Waals surface area contributed by atoms with Crippen LogP contribution in [0.2, 0.25) is 0 Å². The van der Waals surface area contributed by atoms with Crippen LogP contribution < -0.4 is 4.74 Å². The first-order chi connectivity index (χ1) is 10.9. The molecule has 1 aliphatic heterocycles. The van der Waals surface area contributed by atoms with Crippen LogP contribution in [0.25, 0.3) is 22.5 Å². The van der Waals surface area contributed by atoms with Gasteiger partial charge in [0.05, 0.1) is 18.5 Å². The van der Waals surface area contributed by atoms with E-state index in [9.17, 15) is 0 Å². The number of nitrogens with zero attached hydrogens (tertiary/aromatic N) is 2. The van der Waals surface area contributed by atoms with Crippen molar-refractivity contribution in [2.24, 2.45) is 0 Å². The van der Waals surface area contributed by atoms with Gasteiger partial charge in [-0.3, -0.25) is 0 Å². The number of hydrogen-bond donors (Lipinski definition) is 0. The van der Waals surface area contributed by atoms with Gasteiger partial charge in [0.1, 0.15) is 5.75 Å². The number of fused-ring (bicyclic) bond motifs is 1. The molecule has 3 nitrogen and oxygen atoms in total. The zero-order valence-electron chi connectivity index (χ0n) is 12.3. The highest BCUT2D eigenvalue weighted by molar-refractivity contribution is 7.99. The second-order valence-corrected chi connectivity index (χ2v) is 6.25. The van der Waals surface area contributed by atoms with Crippen molar-refractivity contribution in [2.75, 3.05) is 12.9 Å². The average Bonchev–Trinajstić information content (AvgIpc) is 3.16. The van der Waals surface area contributed by atoms with Crippen molar-refractivity contribution in [3.8, 4) is 28.3 Å². The lowest BCUT2D eigenvalue weighted by molar-refractivity contribution is 0.415. The largest absolute Gasteiger partial charge is 0.497 e. The summed E-state index contributed by atoms with van der Waals surface area (Å²) >= 11 is 1.83. The standard InChI is InChI=1S/C18H16N2OS/c1-21-15-9-7-14(8-10-15)17-16(13-5-3-2-4-6-13)19-18-20(17)11-12-22-18/h2-10H,11-12H2,1H3. The summed E-state index contributed by atoms with van der Waals surface area (Å²) in [6, 6.07) is 18.6. The van der Waals surface area contributed by atoms with Gasteiger partial charge in [0.15, 0.2) is 5.16 Å². The fraction of sp³-hybridized carbons (Fsp3) is 0.167. The normalized spacial score (nSPS) is 13.1. The molecule has 4 rings (SSSR count). The average molecular weight is 308 g/mol. The lowest BCUT2D eigenvalue weighted by atomic mass is 10.0. The van der Waals surface area contributed by atoms with Gasteiger partial charge in [-0.2, -0.15) is 0 Å². The van der Waals surface area contributed by atoms with Gasteiger partial charge in [0.2, 0.25) is 0 Å². The van der Waals surface area contributed by atoms with Crippen molar-refractivity contribution in [1.82, 2.24) is 9.55 Å². The van der Waals surface area contributed by atoms with E-state index in [4.69, 9.17) is 9.72 Å². The molecule has 0 N–H and O–H groups in total. The Morgan fingerprint density at radius 2 is 1.77 bits per heavy atom. The van der Waals surface area contributed by atoms with Gasteiger partial charge >= 0.3 is 0 Å². The van der Waals surface area contributed by atoms with Crippen LogP contribution in [0, 0.1) is 0 Å². The van der Waals surface area contributed by atoms with Crippen molar-refractivity contribution in [2.45, 2.75) is 11.7 Å². The molecule has 2 aromatic carbocycles. The highest BCUT2D eigenvalue weighted by atomic mass is 32.2. The van der Waals surface area contributed by atoms with Crippen LogP contribution in [0.3, 0.4) is 0 Å². The van der Waals surface area contributed by atoms with Crippen LogP contribution >= 0.6 is 11.8 Å². The van der Waals surface area contributed by atoms with Gasteiger partial charge in [0.25, 0.3) is 0 Å². The second kappa shape index (κ2) is 5.54. The molecule has 0 bridgehead atoms. The lowest BCUT2D eigenvalue weighted by Crippen LogP contribution is -1.97. The number of aromatic nitrogens is 2. The number of benzene rings is 2. The number of rotatable bonds is 3. The molecule has 3 aromatic rings. The van der Waals surface area contributed by atoms with Gasteiger partial charge in [-0.05, 0) is 24.3 Å². The third-order valence-corrected chi connectivity index (χ3v) is 4.85. The predicted molar refractivity (Wildman–Crippen MR) is 90.4 cm³/mol. The van der Waals surface area contributed by atoms with Crippen molar-refractivity contribution in [3.63, 3.8) is 0 Å². The molecule has 0 saturated heterocycles. The Morgan fingerprint density at radius 3 is 2.50 bits per heavy atom. The van der Waals surface area contributed by atoms with Crippen LogP contribution in [0.5, 0.6) is 5.75 Å². The van der Waals surface area contributed by atoms with E-state index in [1.165, 1.54) is 11.3 Å². The molecule has 0 amide bonds. The number of imidazole rings is 1. The monoisotopic (exact) mass is 308 g/mol. The quantitative estimate of drug-likeness (QED) is 0.720. The summed E-state index contributed by atoms with van der Waals surface area (Å²) in [5.41, 5.74) is 4.61. The van der Waals surface area contributed by atoms with Crippen LogP contribution in [0.4, 0.5) is 0 Å². The maximum absolute atomic E-state index is 5.27. The molecule has 22 heavy (non-hydrogen) atoms. The van der Waals surface area contributed by atoms with Crippen molar-refractivity contribution >= 4 is 11.8 Å². The molecule has 0 fully saturated rings. The van der Waals surface area contributed by atoms with Gasteiger partial charge in [0, 0.05) is 23.4 Å². The summed E-state index contributed by atoms with van der Waals surface area (Å²) in [5, 5.41) is 1.12. The van der Waals surface area contributed by atoms with Gasteiger partial charge in [-0.1, -0.05) is 42.1 Å². The molecule has 2 heterocycles. The maximum atomic E-state index is 5.27. The Labute approximate surface area is 134 Å². The number of methoxy groups -OCH3 is 1. The Bertz CT molecular complexity index is 794.